The van der Waals surface area contributed by atoms with Crippen molar-refractivity contribution in [1.29, 1.82) is 0 Å². The Morgan fingerprint density at radius 3 is 2.53 bits per heavy atom. The van der Waals surface area contributed by atoms with Gasteiger partial charge in [-0.3, -0.25) is 0 Å². The van der Waals surface area contributed by atoms with Gasteiger partial charge < -0.3 is 5.11 Å². The van der Waals surface area contributed by atoms with E-state index in [1.165, 1.54) is 12.8 Å². The van der Waals surface area contributed by atoms with Gasteiger partial charge in [0, 0.05) is 0 Å². The summed E-state index contributed by atoms with van der Waals surface area (Å²) in [6.07, 6.45) is 5.25. The zero-order valence-electron chi connectivity index (χ0n) is 11.8. The summed E-state index contributed by atoms with van der Waals surface area (Å²) in [7, 11) is 1.95. The van der Waals surface area contributed by atoms with Crippen LogP contribution in [0.25, 0.3) is 0 Å². The first-order chi connectivity index (χ1) is 9.08. The molecule has 2 unspecified atom stereocenters. The minimum atomic E-state index is -0.644. The number of benzene rings is 1. The maximum atomic E-state index is 9.22. The molecule has 3 nitrogen and oxygen atoms in total. The summed E-state index contributed by atoms with van der Waals surface area (Å²) in [6, 6.07) is 6.98. The molecule has 0 spiro atoms. The van der Waals surface area contributed by atoms with Crippen molar-refractivity contribution in [1.82, 2.24) is 4.78 Å². The van der Waals surface area contributed by atoms with Crippen molar-refractivity contribution in [2.75, 3.05) is 7.05 Å². The molecule has 0 saturated heterocycles. The maximum absolute atomic E-state index is 9.22. The molecule has 0 radical (unpaired) electrons. The molecule has 1 N–H and O–H groups in total. The van der Waals surface area contributed by atoms with Crippen molar-refractivity contribution in [3.8, 4) is 5.75 Å². The van der Waals surface area contributed by atoms with Crippen LogP contribution in [0.4, 0.5) is 0 Å². The Bertz CT molecular complexity index is 434. The SMILES string of the molecule is CCCC(CC)[P+](=S)N(C)/N=C/c1ccc(O)cc1. The van der Waals surface area contributed by atoms with Gasteiger partial charge in [-0.2, -0.15) is 0 Å². The number of phenols is 1. The molecule has 1 aromatic carbocycles. The third kappa shape index (κ3) is 5.25. The molecule has 104 valence electrons. The summed E-state index contributed by atoms with van der Waals surface area (Å²) in [5, 5.41) is 13.6. The lowest BCUT2D eigenvalue weighted by Crippen LogP contribution is -2.10. The highest BCUT2D eigenvalue weighted by Gasteiger charge is 2.27. The molecule has 19 heavy (non-hydrogen) atoms. The van der Waals surface area contributed by atoms with Crippen LogP contribution in [-0.2, 0) is 11.8 Å². The number of hydrogen-bond acceptors (Lipinski definition) is 3. The van der Waals surface area contributed by atoms with Crippen LogP contribution >= 0.6 is 6.85 Å². The van der Waals surface area contributed by atoms with Crippen LogP contribution < -0.4 is 0 Å². The first-order valence-corrected chi connectivity index (χ1v) is 8.99. The largest absolute Gasteiger partial charge is 0.508 e. The lowest BCUT2D eigenvalue weighted by molar-refractivity contribution is 0.475. The van der Waals surface area contributed by atoms with Crippen molar-refractivity contribution in [3.05, 3.63) is 29.8 Å². The van der Waals surface area contributed by atoms with E-state index in [-0.39, 0.29) is 5.75 Å². The highest BCUT2D eigenvalue weighted by molar-refractivity contribution is 8.04. The monoisotopic (exact) mass is 297 g/mol. The van der Waals surface area contributed by atoms with E-state index in [2.05, 4.69) is 18.9 Å². The smallest absolute Gasteiger partial charge is 0.313 e. The predicted molar refractivity (Wildman–Crippen MR) is 86.7 cm³/mol. The first-order valence-electron chi connectivity index (χ1n) is 6.61. The number of hydrazone groups is 1. The summed E-state index contributed by atoms with van der Waals surface area (Å²) in [6.45, 7) is 3.74. The van der Waals surface area contributed by atoms with Crippen molar-refractivity contribution < 1.29 is 5.11 Å². The summed E-state index contributed by atoms with van der Waals surface area (Å²) >= 11 is 5.62. The molecule has 0 heterocycles. The molecule has 1 rings (SSSR count). The second kappa shape index (κ2) is 8.23. The molecule has 0 fully saturated rings. The van der Waals surface area contributed by atoms with Crippen molar-refractivity contribution in [2.24, 2.45) is 5.10 Å². The molecule has 5 heteroatoms. The van der Waals surface area contributed by atoms with E-state index >= 15 is 0 Å². The Morgan fingerprint density at radius 2 is 2.00 bits per heavy atom. The Hall–Kier alpha value is -0.990. The summed E-state index contributed by atoms with van der Waals surface area (Å²) < 4.78 is 1.92. The van der Waals surface area contributed by atoms with Gasteiger partial charge in [-0.15, -0.1) is 9.88 Å². The fourth-order valence-electron chi connectivity index (χ4n) is 1.80. The normalized spacial score (nSPS) is 13.5. The molecular formula is C14H22N2OPS+. The number of aromatic hydroxyl groups is 1. The number of hydrogen-bond donors (Lipinski definition) is 1. The minimum absolute atomic E-state index is 0.269. The highest BCUT2D eigenvalue weighted by atomic mass is 32.4. The molecule has 0 bridgehead atoms. The van der Waals surface area contributed by atoms with E-state index < -0.39 is 6.85 Å². The first kappa shape index (κ1) is 16.1. The molecule has 0 saturated carbocycles. The van der Waals surface area contributed by atoms with Crippen molar-refractivity contribution >= 4 is 24.9 Å². The molecule has 0 aliphatic carbocycles. The van der Waals surface area contributed by atoms with Crippen molar-refractivity contribution in [2.45, 2.75) is 38.8 Å². The average molecular weight is 297 g/mol. The highest BCUT2D eigenvalue weighted by Crippen LogP contribution is 2.37. The molecule has 0 aliphatic heterocycles. The van der Waals surface area contributed by atoms with E-state index in [0.29, 0.717) is 5.66 Å². The standard InChI is InChI=1S/C14H21N2OPS/c1-4-6-14(5-2)18(19)16(3)15-11-12-7-9-13(17)10-8-12/h7-11,14H,4-6H2,1-3H3/p+1. The third-order valence-corrected chi connectivity index (χ3v) is 6.48. The Kier molecular flexibility index (Phi) is 6.96. The fourth-order valence-corrected chi connectivity index (χ4v) is 4.11. The average Bonchev–Trinajstić information content (AvgIpc) is 2.43. The van der Waals surface area contributed by atoms with Gasteiger partial charge >= 0.3 is 6.85 Å². The topological polar surface area (TPSA) is 35.8 Å². The third-order valence-electron chi connectivity index (χ3n) is 2.96. The zero-order chi connectivity index (χ0) is 14.3. The molecule has 1 aromatic rings. The summed E-state index contributed by atoms with van der Waals surface area (Å²) in [4.78, 5) is 0. The van der Waals surface area contributed by atoms with Gasteiger partial charge in [-0.25, -0.2) is 0 Å². The van der Waals surface area contributed by atoms with Crippen LogP contribution in [0.1, 0.15) is 38.7 Å². The van der Waals surface area contributed by atoms with Crippen LogP contribution in [0.15, 0.2) is 29.4 Å². The van der Waals surface area contributed by atoms with Gasteiger partial charge in [0.15, 0.2) is 17.5 Å². The van der Waals surface area contributed by atoms with Gasteiger partial charge in [-0.05, 0) is 42.7 Å². The Labute approximate surface area is 121 Å². The Morgan fingerprint density at radius 1 is 1.37 bits per heavy atom. The predicted octanol–water partition coefficient (Wildman–Crippen LogP) is 4.10. The second-order valence-electron chi connectivity index (χ2n) is 4.48. The lowest BCUT2D eigenvalue weighted by atomic mass is 10.2. The van der Waals surface area contributed by atoms with E-state index in [0.717, 1.165) is 12.0 Å². The molecule has 0 aromatic heterocycles. The van der Waals surface area contributed by atoms with E-state index in [1.807, 2.05) is 24.0 Å². The molecule has 2 atom stereocenters. The maximum Gasteiger partial charge on any atom is 0.313 e. The van der Waals surface area contributed by atoms with E-state index in [1.54, 1.807) is 18.3 Å². The van der Waals surface area contributed by atoms with Gasteiger partial charge in [0.05, 0.1) is 13.3 Å². The van der Waals surface area contributed by atoms with Gasteiger partial charge in [0.2, 0.25) is 0 Å². The van der Waals surface area contributed by atoms with Crippen LogP contribution in [0.3, 0.4) is 0 Å². The summed E-state index contributed by atoms with van der Waals surface area (Å²) in [5.74, 6) is 0.269. The molecule has 0 aliphatic rings. The molecular weight excluding hydrogens is 275 g/mol. The summed E-state index contributed by atoms with van der Waals surface area (Å²) in [5.41, 5.74) is 1.53. The quantitative estimate of drug-likeness (QED) is 0.467. The lowest BCUT2D eigenvalue weighted by Gasteiger charge is -2.10. The fraction of sp³-hybridized carbons (Fsp3) is 0.500. The van der Waals surface area contributed by atoms with Crippen LogP contribution in [0.5, 0.6) is 5.75 Å². The van der Waals surface area contributed by atoms with Gasteiger partial charge in [0.1, 0.15) is 5.75 Å². The number of rotatable bonds is 7. The van der Waals surface area contributed by atoms with Gasteiger partial charge in [-0.1, -0.05) is 20.3 Å². The second-order valence-corrected chi connectivity index (χ2v) is 7.52. The number of phenolic OH excluding ortho intramolecular Hbond substituents is 1. The Balaban J connectivity index is 2.65. The molecule has 0 amide bonds. The van der Waals surface area contributed by atoms with Crippen LogP contribution in [0.2, 0.25) is 0 Å². The van der Waals surface area contributed by atoms with Crippen LogP contribution in [0, 0.1) is 0 Å². The van der Waals surface area contributed by atoms with E-state index in [4.69, 9.17) is 11.8 Å². The number of nitrogens with zero attached hydrogens (tertiary/aromatic N) is 2. The van der Waals surface area contributed by atoms with Crippen molar-refractivity contribution in [3.63, 3.8) is 0 Å². The van der Waals surface area contributed by atoms with E-state index in [9.17, 15) is 5.11 Å². The van der Waals surface area contributed by atoms with Gasteiger partial charge in [0.25, 0.3) is 0 Å². The van der Waals surface area contributed by atoms with Crippen LogP contribution in [-0.4, -0.2) is 28.8 Å². The minimum Gasteiger partial charge on any atom is -0.508 e. The zero-order valence-corrected chi connectivity index (χ0v) is 13.5.